The maximum Gasteiger partial charge on any atom is 0.0800 e. The van der Waals surface area contributed by atoms with E-state index >= 15 is 0 Å². The molecule has 6 aromatic carbocycles. The molecule has 8 rings (SSSR count). The summed E-state index contributed by atoms with van der Waals surface area (Å²) < 4.78 is 0. The summed E-state index contributed by atoms with van der Waals surface area (Å²) in [7, 11) is 0. The maximum atomic E-state index is 5.44. The van der Waals surface area contributed by atoms with Gasteiger partial charge in [-0.25, -0.2) is 9.97 Å². The Labute approximate surface area is 257 Å². The van der Waals surface area contributed by atoms with Crippen LogP contribution in [0.3, 0.4) is 0 Å². The average Bonchev–Trinajstić information content (AvgIpc) is 3.12. The monoisotopic (exact) mass is 560 g/mol. The second kappa shape index (κ2) is 11.1. The van der Waals surface area contributed by atoms with Crippen molar-refractivity contribution in [1.29, 1.82) is 0 Å². The molecule has 44 heavy (non-hydrogen) atoms. The number of aromatic nitrogens is 2. The molecule has 2 aromatic heterocycles. The molecule has 0 amide bonds. The SMILES string of the molecule is c1ccc(-c2cc(-c3cc4ccccc4c4c(-c5ccccc5)cc(-c5ccccc5)nc34)cc(-c3ccccc3)n2)cc1. The van der Waals surface area contributed by atoms with Crippen LogP contribution in [0.15, 0.2) is 170 Å². The van der Waals surface area contributed by atoms with Gasteiger partial charge in [0.25, 0.3) is 0 Å². The fourth-order valence-electron chi connectivity index (χ4n) is 6.11. The zero-order valence-corrected chi connectivity index (χ0v) is 24.1. The van der Waals surface area contributed by atoms with Gasteiger partial charge >= 0.3 is 0 Å². The fraction of sp³-hybridized carbons (Fsp3) is 0. The summed E-state index contributed by atoms with van der Waals surface area (Å²) in [6, 6.07) is 59.6. The van der Waals surface area contributed by atoms with E-state index in [1.165, 1.54) is 21.9 Å². The minimum Gasteiger partial charge on any atom is -0.248 e. The summed E-state index contributed by atoms with van der Waals surface area (Å²) in [6.45, 7) is 0. The van der Waals surface area contributed by atoms with Gasteiger partial charge in [-0.3, -0.25) is 0 Å². The predicted molar refractivity (Wildman–Crippen MR) is 184 cm³/mol. The summed E-state index contributed by atoms with van der Waals surface area (Å²) in [6.07, 6.45) is 0. The van der Waals surface area contributed by atoms with E-state index in [-0.39, 0.29) is 0 Å². The van der Waals surface area contributed by atoms with Crippen molar-refractivity contribution in [3.05, 3.63) is 170 Å². The molecule has 206 valence electrons. The van der Waals surface area contributed by atoms with E-state index in [2.05, 4.69) is 158 Å². The highest BCUT2D eigenvalue weighted by molar-refractivity contribution is 6.18. The van der Waals surface area contributed by atoms with Crippen molar-refractivity contribution in [2.24, 2.45) is 0 Å². The highest BCUT2D eigenvalue weighted by Gasteiger charge is 2.18. The normalized spacial score (nSPS) is 11.2. The van der Waals surface area contributed by atoms with Gasteiger partial charge in [0.1, 0.15) is 0 Å². The molecule has 0 atom stereocenters. The number of rotatable bonds is 5. The van der Waals surface area contributed by atoms with E-state index in [1.807, 2.05) is 12.1 Å². The molecular weight excluding hydrogens is 532 g/mol. The van der Waals surface area contributed by atoms with Crippen LogP contribution in [0.1, 0.15) is 0 Å². The molecule has 0 aliphatic heterocycles. The number of hydrogen-bond donors (Lipinski definition) is 0. The van der Waals surface area contributed by atoms with Crippen LogP contribution in [-0.4, -0.2) is 9.97 Å². The van der Waals surface area contributed by atoms with Gasteiger partial charge in [0.05, 0.1) is 22.6 Å². The Kier molecular flexibility index (Phi) is 6.51. The molecule has 2 heterocycles. The van der Waals surface area contributed by atoms with Gasteiger partial charge in [0, 0.05) is 27.6 Å². The van der Waals surface area contributed by atoms with Gasteiger partial charge in [-0.05, 0) is 51.7 Å². The van der Waals surface area contributed by atoms with Crippen molar-refractivity contribution in [2.75, 3.05) is 0 Å². The highest BCUT2D eigenvalue weighted by atomic mass is 14.7. The largest absolute Gasteiger partial charge is 0.248 e. The first-order valence-corrected chi connectivity index (χ1v) is 14.9. The van der Waals surface area contributed by atoms with Crippen molar-refractivity contribution in [1.82, 2.24) is 9.97 Å². The third kappa shape index (κ3) is 4.73. The molecule has 0 unspecified atom stereocenters. The minimum atomic E-state index is 0.936. The zero-order valence-electron chi connectivity index (χ0n) is 24.1. The van der Waals surface area contributed by atoms with Gasteiger partial charge in [-0.15, -0.1) is 0 Å². The lowest BCUT2D eigenvalue weighted by Crippen LogP contribution is -1.96. The Morgan fingerprint density at radius 2 is 0.773 bits per heavy atom. The highest BCUT2D eigenvalue weighted by Crippen LogP contribution is 2.42. The lowest BCUT2D eigenvalue weighted by atomic mass is 9.90. The molecule has 0 aliphatic rings. The number of fused-ring (bicyclic) bond motifs is 3. The van der Waals surface area contributed by atoms with Crippen LogP contribution in [0.25, 0.3) is 77.7 Å². The van der Waals surface area contributed by atoms with Gasteiger partial charge in [-0.1, -0.05) is 146 Å². The molecule has 0 saturated carbocycles. The second-order valence-corrected chi connectivity index (χ2v) is 11.0. The van der Waals surface area contributed by atoms with Crippen LogP contribution in [0.5, 0.6) is 0 Å². The number of hydrogen-bond acceptors (Lipinski definition) is 2. The van der Waals surface area contributed by atoms with Gasteiger partial charge in [0.15, 0.2) is 0 Å². The van der Waals surface area contributed by atoms with E-state index in [4.69, 9.17) is 9.97 Å². The molecule has 0 radical (unpaired) electrons. The van der Waals surface area contributed by atoms with E-state index < -0.39 is 0 Å². The van der Waals surface area contributed by atoms with Crippen LogP contribution in [0.2, 0.25) is 0 Å². The Morgan fingerprint density at radius 3 is 1.32 bits per heavy atom. The molecule has 0 aliphatic carbocycles. The van der Waals surface area contributed by atoms with Crippen molar-refractivity contribution in [3.63, 3.8) is 0 Å². The van der Waals surface area contributed by atoms with Crippen LogP contribution in [0, 0.1) is 0 Å². The first-order valence-electron chi connectivity index (χ1n) is 14.9. The number of pyridine rings is 2. The third-order valence-corrected chi connectivity index (χ3v) is 8.23. The molecule has 0 fully saturated rings. The number of benzene rings is 6. The van der Waals surface area contributed by atoms with E-state index in [1.54, 1.807) is 0 Å². The average molecular weight is 561 g/mol. The van der Waals surface area contributed by atoms with Crippen molar-refractivity contribution < 1.29 is 0 Å². The van der Waals surface area contributed by atoms with Crippen LogP contribution < -0.4 is 0 Å². The van der Waals surface area contributed by atoms with Gasteiger partial charge < -0.3 is 0 Å². The smallest absolute Gasteiger partial charge is 0.0800 e. The third-order valence-electron chi connectivity index (χ3n) is 8.23. The summed E-state index contributed by atoms with van der Waals surface area (Å²) in [5.41, 5.74) is 11.6. The molecule has 2 heteroatoms. The molecule has 0 N–H and O–H groups in total. The Balaban J connectivity index is 1.50. The van der Waals surface area contributed by atoms with Crippen molar-refractivity contribution in [2.45, 2.75) is 0 Å². The molecule has 0 saturated heterocycles. The molecule has 0 spiro atoms. The molecule has 0 bridgehead atoms. The lowest BCUT2D eigenvalue weighted by molar-refractivity contribution is 1.32. The standard InChI is InChI=1S/C42H28N2/c1-5-15-29(16-6-1)36-28-40(32-21-11-4-12-22-32)44-42-37(25-33-23-13-14-24-35(33)41(36)42)34-26-38(30-17-7-2-8-18-30)43-39(27-34)31-19-9-3-10-20-31/h1-28H. The van der Waals surface area contributed by atoms with Crippen molar-refractivity contribution in [3.8, 4) is 56.0 Å². The minimum absolute atomic E-state index is 0.936. The van der Waals surface area contributed by atoms with E-state index in [9.17, 15) is 0 Å². The van der Waals surface area contributed by atoms with Crippen LogP contribution in [-0.2, 0) is 0 Å². The lowest BCUT2D eigenvalue weighted by Gasteiger charge is -2.17. The Morgan fingerprint density at radius 1 is 0.318 bits per heavy atom. The number of nitrogens with zero attached hydrogens (tertiary/aromatic N) is 2. The maximum absolute atomic E-state index is 5.44. The quantitative estimate of drug-likeness (QED) is 0.196. The summed E-state index contributed by atoms with van der Waals surface area (Å²) in [5.74, 6) is 0. The zero-order chi connectivity index (χ0) is 29.3. The van der Waals surface area contributed by atoms with Gasteiger partial charge in [0.2, 0.25) is 0 Å². The summed E-state index contributed by atoms with van der Waals surface area (Å²) >= 11 is 0. The fourth-order valence-corrected chi connectivity index (χ4v) is 6.11. The Hall–Kier alpha value is -5.86. The topological polar surface area (TPSA) is 25.8 Å². The first kappa shape index (κ1) is 25.8. The predicted octanol–water partition coefficient (Wildman–Crippen LogP) is 11.1. The molecule has 2 nitrogen and oxygen atoms in total. The van der Waals surface area contributed by atoms with Gasteiger partial charge in [-0.2, -0.15) is 0 Å². The summed E-state index contributed by atoms with van der Waals surface area (Å²) in [5, 5.41) is 3.53. The molecular formula is C42H28N2. The summed E-state index contributed by atoms with van der Waals surface area (Å²) in [4.78, 5) is 10.6. The van der Waals surface area contributed by atoms with Crippen LogP contribution >= 0.6 is 0 Å². The van der Waals surface area contributed by atoms with Crippen LogP contribution in [0.4, 0.5) is 0 Å². The van der Waals surface area contributed by atoms with E-state index in [0.29, 0.717) is 0 Å². The van der Waals surface area contributed by atoms with E-state index in [0.717, 1.165) is 55.8 Å². The molecule has 8 aromatic rings. The Bertz CT molecular complexity index is 2180. The second-order valence-electron chi connectivity index (χ2n) is 11.0. The van der Waals surface area contributed by atoms with Crippen molar-refractivity contribution >= 4 is 21.7 Å². The first-order chi connectivity index (χ1) is 21.8.